The van der Waals surface area contributed by atoms with Crippen LogP contribution in [-0.4, -0.2) is 94.4 Å². The lowest BCUT2D eigenvalue weighted by molar-refractivity contribution is -0.0325. The van der Waals surface area contributed by atoms with Gasteiger partial charge in [-0.25, -0.2) is 0 Å². The van der Waals surface area contributed by atoms with Gasteiger partial charge in [-0.2, -0.15) is 0 Å². The van der Waals surface area contributed by atoms with Gasteiger partial charge in [0.25, 0.3) is 0 Å². The van der Waals surface area contributed by atoms with E-state index in [9.17, 15) is 20.4 Å². The van der Waals surface area contributed by atoms with E-state index in [2.05, 4.69) is 11.8 Å². The summed E-state index contributed by atoms with van der Waals surface area (Å²) < 4.78 is 0. The molecule has 0 aromatic heterocycles. The Morgan fingerprint density at radius 3 is 2.08 bits per heavy atom. The molecule has 1 fully saturated rings. The zero-order valence-corrected chi connectivity index (χ0v) is 16.7. The topological polar surface area (TPSA) is 87.4 Å². The predicted octanol–water partition coefficient (Wildman–Crippen LogP) is 1.21. The second kappa shape index (κ2) is 14.8. The summed E-state index contributed by atoms with van der Waals surface area (Å²) in [5.41, 5.74) is 0. The van der Waals surface area contributed by atoms with Gasteiger partial charge in [-0.15, -0.1) is 0 Å². The standard InChI is InChI=1S/C20H42N2O4/c1-2-3-4-8-11-21(12-14-23)16-19(25)20(26)17-22(13-15-24)18-9-6-5-7-10-18/h18-20,23-26H,2-17H2,1H3. The molecule has 0 aromatic rings. The largest absolute Gasteiger partial charge is 0.395 e. The average Bonchev–Trinajstić information content (AvgIpc) is 2.65. The SMILES string of the molecule is CCCCCCN(CCO)CC(O)C(O)CN(CCO)C1CCCCC1. The molecule has 4 N–H and O–H groups in total. The summed E-state index contributed by atoms with van der Waals surface area (Å²) in [5, 5.41) is 39.6. The molecule has 0 radical (unpaired) electrons. The molecule has 1 saturated carbocycles. The van der Waals surface area contributed by atoms with Crippen LogP contribution in [-0.2, 0) is 0 Å². The molecule has 1 rings (SSSR count). The summed E-state index contributed by atoms with van der Waals surface area (Å²) in [6.45, 7) is 5.01. The van der Waals surface area contributed by atoms with Crippen LogP contribution in [0.1, 0.15) is 64.7 Å². The molecule has 6 heteroatoms. The number of hydrogen-bond acceptors (Lipinski definition) is 6. The Bertz CT molecular complexity index is 327. The van der Waals surface area contributed by atoms with Crippen LogP contribution in [0.4, 0.5) is 0 Å². The van der Waals surface area contributed by atoms with E-state index < -0.39 is 12.2 Å². The van der Waals surface area contributed by atoms with E-state index in [1.54, 1.807) is 0 Å². The van der Waals surface area contributed by atoms with Gasteiger partial charge < -0.3 is 20.4 Å². The lowest BCUT2D eigenvalue weighted by Gasteiger charge is -2.36. The van der Waals surface area contributed by atoms with E-state index in [1.165, 1.54) is 32.1 Å². The highest BCUT2D eigenvalue weighted by atomic mass is 16.3. The summed E-state index contributed by atoms with van der Waals surface area (Å²) in [4.78, 5) is 4.19. The van der Waals surface area contributed by atoms with Crippen molar-refractivity contribution in [2.75, 3.05) is 45.9 Å². The molecule has 1 aliphatic carbocycles. The maximum absolute atomic E-state index is 10.5. The first-order chi connectivity index (χ1) is 12.6. The minimum atomic E-state index is -0.836. The Balaban J connectivity index is 2.46. The van der Waals surface area contributed by atoms with Crippen LogP contribution >= 0.6 is 0 Å². The quantitative estimate of drug-likeness (QED) is 0.322. The minimum Gasteiger partial charge on any atom is -0.395 e. The van der Waals surface area contributed by atoms with Gasteiger partial charge in [0.1, 0.15) is 0 Å². The zero-order valence-electron chi connectivity index (χ0n) is 16.7. The van der Waals surface area contributed by atoms with Crippen molar-refractivity contribution in [3.63, 3.8) is 0 Å². The second-order valence-electron chi connectivity index (χ2n) is 7.73. The lowest BCUT2D eigenvalue weighted by Crippen LogP contribution is -2.49. The highest BCUT2D eigenvalue weighted by Gasteiger charge is 2.26. The van der Waals surface area contributed by atoms with Crippen LogP contribution in [0.15, 0.2) is 0 Å². The number of nitrogens with zero attached hydrogens (tertiary/aromatic N) is 2. The molecule has 156 valence electrons. The Labute approximate surface area is 159 Å². The van der Waals surface area contributed by atoms with E-state index in [-0.39, 0.29) is 13.2 Å². The Morgan fingerprint density at radius 1 is 0.808 bits per heavy atom. The molecule has 0 saturated heterocycles. The third-order valence-corrected chi connectivity index (χ3v) is 5.53. The smallest absolute Gasteiger partial charge is 0.0938 e. The summed E-state index contributed by atoms with van der Waals surface area (Å²) in [5.74, 6) is 0. The second-order valence-corrected chi connectivity index (χ2v) is 7.73. The minimum absolute atomic E-state index is 0.0648. The van der Waals surface area contributed by atoms with Crippen LogP contribution in [0.25, 0.3) is 0 Å². The van der Waals surface area contributed by atoms with E-state index >= 15 is 0 Å². The Morgan fingerprint density at radius 2 is 1.46 bits per heavy atom. The maximum Gasteiger partial charge on any atom is 0.0938 e. The molecule has 0 heterocycles. The van der Waals surface area contributed by atoms with Crippen LogP contribution in [0.2, 0.25) is 0 Å². The van der Waals surface area contributed by atoms with Gasteiger partial charge in [-0.3, -0.25) is 9.80 Å². The van der Waals surface area contributed by atoms with Crippen LogP contribution in [0.5, 0.6) is 0 Å². The summed E-state index contributed by atoms with van der Waals surface area (Å²) in [7, 11) is 0. The van der Waals surface area contributed by atoms with Crippen molar-refractivity contribution in [1.82, 2.24) is 9.80 Å². The van der Waals surface area contributed by atoms with E-state index in [4.69, 9.17) is 0 Å². The molecule has 26 heavy (non-hydrogen) atoms. The summed E-state index contributed by atoms with van der Waals surface area (Å²) >= 11 is 0. The van der Waals surface area contributed by atoms with Gasteiger partial charge in [-0.05, 0) is 25.8 Å². The van der Waals surface area contributed by atoms with Gasteiger partial charge in [0.15, 0.2) is 0 Å². The third kappa shape index (κ3) is 9.62. The molecule has 0 spiro atoms. The van der Waals surface area contributed by atoms with Crippen molar-refractivity contribution in [1.29, 1.82) is 0 Å². The molecule has 0 aliphatic heterocycles. The predicted molar refractivity (Wildman–Crippen MR) is 105 cm³/mol. The maximum atomic E-state index is 10.5. The molecule has 1 aliphatic rings. The molecular formula is C20H42N2O4. The van der Waals surface area contributed by atoms with Crippen LogP contribution < -0.4 is 0 Å². The number of aliphatic hydroxyl groups is 4. The fraction of sp³-hybridized carbons (Fsp3) is 1.00. The van der Waals surface area contributed by atoms with Crippen molar-refractivity contribution < 1.29 is 20.4 Å². The van der Waals surface area contributed by atoms with E-state index in [1.807, 2.05) is 4.90 Å². The molecule has 2 atom stereocenters. The number of hydrogen-bond donors (Lipinski definition) is 4. The normalized spacial score (nSPS) is 18.6. The van der Waals surface area contributed by atoms with Crippen LogP contribution in [0.3, 0.4) is 0 Å². The van der Waals surface area contributed by atoms with Crippen molar-refractivity contribution in [3.8, 4) is 0 Å². The Hall–Kier alpha value is -0.240. The van der Waals surface area contributed by atoms with Gasteiger partial charge >= 0.3 is 0 Å². The van der Waals surface area contributed by atoms with Crippen LogP contribution in [0, 0.1) is 0 Å². The van der Waals surface area contributed by atoms with E-state index in [0.717, 1.165) is 32.2 Å². The van der Waals surface area contributed by atoms with Gasteiger partial charge in [0.05, 0.1) is 25.4 Å². The fourth-order valence-electron chi connectivity index (χ4n) is 3.94. The number of rotatable bonds is 15. The highest BCUT2D eigenvalue weighted by Crippen LogP contribution is 2.23. The van der Waals surface area contributed by atoms with Gasteiger partial charge in [0, 0.05) is 32.2 Å². The number of aliphatic hydroxyl groups excluding tert-OH is 4. The van der Waals surface area contributed by atoms with Crippen molar-refractivity contribution >= 4 is 0 Å². The first-order valence-corrected chi connectivity index (χ1v) is 10.7. The molecule has 0 bridgehead atoms. The molecule has 0 aromatic carbocycles. The molecule has 0 amide bonds. The molecular weight excluding hydrogens is 332 g/mol. The van der Waals surface area contributed by atoms with Gasteiger partial charge in [-0.1, -0.05) is 45.4 Å². The summed E-state index contributed by atoms with van der Waals surface area (Å²) in [6, 6.07) is 0.403. The number of unbranched alkanes of at least 4 members (excludes halogenated alkanes) is 3. The average molecular weight is 375 g/mol. The first kappa shape index (κ1) is 23.8. The monoisotopic (exact) mass is 374 g/mol. The van der Waals surface area contributed by atoms with Crippen molar-refractivity contribution in [2.45, 2.75) is 83.0 Å². The Kier molecular flexibility index (Phi) is 13.5. The third-order valence-electron chi connectivity index (χ3n) is 5.53. The fourth-order valence-corrected chi connectivity index (χ4v) is 3.94. The first-order valence-electron chi connectivity index (χ1n) is 10.7. The van der Waals surface area contributed by atoms with Crippen molar-refractivity contribution in [3.05, 3.63) is 0 Å². The molecule has 2 unspecified atom stereocenters. The van der Waals surface area contributed by atoms with Crippen molar-refractivity contribution in [2.24, 2.45) is 0 Å². The summed E-state index contributed by atoms with van der Waals surface area (Å²) in [6.07, 6.45) is 8.81. The lowest BCUT2D eigenvalue weighted by atomic mass is 9.93. The van der Waals surface area contributed by atoms with E-state index in [0.29, 0.717) is 32.2 Å². The molecule has 6 nitrogen and oxygen atoms in total. The highest BCUT2D eigenvalue weighted by molar-refractivity contribution is 4.81. The van der Waals surface area contributed by atoms with Gasteiger partial charge in [0.2, 0.25) is 0 Å². The zero-order chi connectivity index (χ0) is 19.2.